The van der Waals surface area contributed by atoms with Gasteiger partial charge in [0, 0.05) is 19.2 Å². The van der Waals surface area contributed by atoms with Crippen LogP contribution in [0.4, 0.5) is 10.5 Å². The average molecular weight is 398 g/mol. The summed E-state index contributed by atoms with van der Waals surface area (Å²) in [5.41, 5.74) is -2.35. The van der Waals surface area contributed by atoms with Crippen LogP contribution >= 0.6 is 11.6 Å². The molecule has 1 aromatic rings. The summed E-state index contributed by atoms with van der Waals surface area (Å²) < 4.78 is 5.29. The highest BCUT2D eigenvalue weighted by atomic mass is 35.5. The fraction of sp³-hybridized carbons (Fsp3) is 0.556. The molecule has 1 atom stereocenters. The Balaban J connectivity index is 2.46. The summed E-state index contributed by atoms with van der Waals surface area (Å²) in [7, 11) is 0. The summed E-state index contributed by atoms with van der Waals surface area (Å²) in [6, 6.07) is 4.07. The lowest BCUT2D eigenvalue weighted by molar-refractivity contribution is -0.384. The fourth-order valence-corrected chi connectivity index (χ4v) is 3.14. The minimum atomic E-state index is -1.53. The van der Waals surface area contributed by atoms with Gasteiger partial charge in [-0.3, -0.25) is 14.9 Å². The number of halogens is 1. The predicted molar refractivity (Wildman–Crippen MR) is 101 cm³/mol. The lowest BCUT2D eigenvalue weighted by Gasteiger charge is -2.34. The van der Waals surface area contributed by atoms with E-state index < -0.39 is 22.2 Å². The van der Waals surface area contributed by atoms with E-state index in [9.17, 15) is 19.7 Å². The van der Waals surface area contributed by atoms with E-state index >= 15 is 0 Å². The number of benzene rings is 1. The minimum Gasteiger partial charge on any atom is -0.444 e. The third-order valence-corrected chi connectivity index (χ3v) is 4.61. The number of nitrogens with zero attached hydrogens (tertiary/aromatic N) is 2. The maximum absolute atomic E-state index is 13.2. The van der Waals surface area contributed by atoms with Gasteiger partial charge in [-0.15, -0.1) is 0 Å². The van der Waals surface area contributed by atoms with Crippen LogP contribution in [0.15, 0.2) is 18.2 Å². The number of rotatable bonds is 4. The number of carbonyl (C=O) groups excluding carboxylic acids is 2. The summed E-state index contributed by atoms with van der Waals surface area (Å²) in [5, 5.41) is 13.8. The second-order valence-electron chi connectivity index (χ2n) is 7.67. The van der Waals surface area contributed by atoms with Crippen LogP contribution in [-0.2, 0) is 15.1 Å². The van der Waals surface area contributed by atoms with Crippen LogP contribution < -0.4 is 5.32 Å². The zero-order valence-corrected chi connectivity index (χ0v) is 16.6. The van der Waals surface area contributed by atoms with Gasteiger partial charge >= 0.3 is 6.09 Å². The Morgan fingerprint density at radius 1 is 1.22 bits per heavy atom. The van der Waals surface area contributed by atoms with Crippen molar-refractivity contribution in [2.75, 3.05) is 13.1 Å². The van der Waals surface area contributed by atoms with E-state index in [0.29, 0.717) is 13.1 Å². The quantitative estimate of drug-likeness (QED) is 0.617. The molecule has 1 aliphatic rings. The Morgan fingerprint density at radius 3 is 2.33 bits per heavy atom. The number of amides is 2. The van der Waals surface area contributed by atoms with E-state index in [1.807, 2.05) is 0 Å². The van der Waals surface area contributed by atoms with Gasteiger partial charge in [-0.2, -0.15) is 0 Å². The van der Waals surface area contributed by atoms with Gasteiger partial charge < -0.3 is 15.0 Å². The Hall–Kier alpha value is -2.35. The second-order valence-corrected chi connectivity index (χ2v) is 8.08. The molecule has 148 valence electrons. The zero-order valence-electron chi connectivity index (χ0n) is 15.9. The molecular weight excluding hydrogens is 374 g/mol. The van der Waals surface area contributed by atoms with Gasteiger partial charge in [-0.1, -0.05) is 17.7 Å². The smallest absolute Gasteiger partial charge is 0.408 e. The van der Waals surface area contributed by atoms with Crippen molar-refractivity contribution in [2.45, 2.75) is 51.7 Å². The largest absolute Gasteiger partial charge is 0.444 e. The van der Waals surface area contributed by atoms with Gasteiger partial charge in [0.25, 0.3) is 11.6 Å². The molecule has 0 aliphatic carbocycles. The van der Waals surface area contributed by atoms with Crippen molar-refractivity contribution >= 4 is 29.3 Å². The SMILES string of the molecule is CC(C)(C)OC(=O)NC(C)(C(=O)N1CCCC1)c1ccc(Cl)c([N+](=O)[O-])c1. The normalized spacial score (nSPS) is 16.6. The third-order valence-electron chi connectivity index (χ3n) is 4.29. The van der Waals surface area contributed by atoms with E-state index in [1.54, 1.807) is 25.7 Å². The van der Waals surface area contributed by atoms with Gasteiger partial charge in [-0.05, 0) is 52.2 Å². The molecule has 0 spiro atoms. The summed E-state index contributed by atoms with van der Waals surface area (Å²) in [6.07, 6.45) is 0.958. The van der Waals surface area contributed by atoms with Gasteiger partial charge in [0.2, 0.25) is 0 Å². The molecule has 1 unspecified atom stereocenters. The Labute approximate surface area is 163 Å². The lowest BCUT2D eigenvalue weighted by Crippen LogP contribution is -2.55. The lowest BCUT2D eigenvalue weighted by atomic mass is 9.90. The Morgan fingerprint density at radius 2 is 1.81 bits per heavy atom. The molecule has 1 fully saturated rings. The van der Waals surface area contributed by atoms with Crippen LogP contribution in [-0.4, -0.2) is 40.5 Å². The van der Waals surface area contributed by atoms with Crippen LogP contribution in [0, 0.1) is 10.1 Å². The maximum atomic E-state index is 13.2. The van der Waals surface area contributed by atoms with E-state index in [0.717, 1.165) is 12.8 Å². The molecule has 9 heteroatoms. The first-order chi connectivity index (χ1) is 12.4. The molecule has 0 saturated carbocycles. The number of likely N-dealkylation sites (tertiary alicyclic amines) is 1. The van der Waals surface area contributed by atoms with Crippen molar-refractivity contribution in [3.05, 3.63) is 38.9 Å². The first-order valence-corrected chi connectivity index (χ1v) is 9.07. The second kappa shape index (κ2) is 7.72. The summed E-state index contributed by atoms with van der Waals surface area (Å²) >= 11 is 5.89. The van der Waals surface area contributed by atoms with Crippen molar-refractivity contribution < 1.29 is 19.2 Å². The number of nitro groups is 1. The fourth-order valence-electron chi connectivity index (χ4n) is 2.96. The van der Waals surface area contributed by atoms with Crippen molar-refractivity contribution in [1.29, 1.82) is 0 Å². The summed E-state index contributed by atoms with van der Waals surface area (Å²) in [6.45, 7) is 7.78. The molecule has 1 N–H and O–H groups in total. The molecule has 27 heavy (non-hydrogen) atoms. The van der Waals surface area contributed by atoms with Gasteiger partial charge in [0.1, 0.15) is 16.2 Å². The molecule has 0 bridgehead atoms. The number of hydrogen-bond acceptors (Lipinski definition) is 5. The van der Waals surface area contributed by atoms with Crippen molar-refractivity contribution in [3.8, 4) is 0 Å². The Bertz CT molecular complexity index is 756. The topological polar surface area (TPSA) is 102 Å². The first-order valence-electron chi connectivity index (χ1n) is 8.69. The first kappa shape index (κ1) is 21.0. The van der Waals surface area contributed by atoms with E-state index in [4.69, 9.17) is 16.3 Å². The highest BCUT2D eigenvalue weighted by Gasteiger charge is 2.42. The molecule has 8 nitrogen and oxygen atoms in total. The zero-order chi connectivity index (χ0) is 20.4. The van der Waals surface area contributed by atoms with Crippen molar-refractivity contribution in [3.63, 3.8) is 0 Å². The molecule has 2 rings (SSSR count). The highest BCUT2D eigenvalue weighted by molar-refractivity contribution is 6.32. The standard InChI is InChI=1S/C18H24ClN3O5/c1-17(2,3)27-16(24)20-18(4,15(23)21-9-5-6-10-21)12-7-8-13(19)14(11-12)22(25)26/h7-8,11H,5-6,9-10H2,1-4H3,(H,20,24). The van der Waals surface area contributed by atoms with Crippen molar-refractivity contribution in [1.82, 2.24) is 10.2 Å². The maximum Gasteiger partial charge on any atom is 0.408 e. The molecule has 2 amide bonds. The van der Waals surface area contributed by atoms with Crippen LogP contribution in [0.5, 0.6) is 0 Å². The number of alkyl carbamates (subject to hydrolysis) is 1. The number of ether oxygens (including phenoxy) is 1. The number of nitro benzene ring substituents is 1. The third kappa shape index (κ3) is 4.88. The number of carbonyl (C=O) groups is 2. The Kier molecular flexibility index (Phi) is 5.99. The van der Waals surface area contributed by atoms with Gasteiger partial charge in [0.15, 0.2) is 0 Å². The molecule has 0 aromatic heterocycles. The van der Waals surface area contributed by atoms with Crippen LogP contribution in [0.1, 0.15) is 46.1 Å². The van der Waals surface area contributed by atoms with Crippen LogP contribution in [0.2, 0.25) is 5.02 Å². The van der Waals surface area contributed by atoms with E-state index in [2.05, 4.69) is 5.32 Å². The van der Waals surface area contributed by atoms with Gasteiger partial charge in [0.05, 0.1) is 4.92 Å². The minimum absolute atomic E-state index is 0.0445. The molecule has 1 aliphatic heterocycles. The molecular formula is C18H24ClN3O5. The molecule has 1 saturated heterocycles. The summed E-state index contributed by atoms with van der Waals surface area (Å²) in [4.78, 5) is 37.8. The molecule has 0 radical (unpaired) electrons. The molecule has 1 heterocycles. The number of hydrogen-bond donors (Lipinski definition) is 1. The van der Waals surface area contributed by atoms with Crippen molar-refractivity contribution in [2.24, 2.45) is 0 Å². The van der Waals surface area contributed by atoms with Crippen LogP contribution in [0.3, 0.4) is 0 Å². The monoisotopic (exact) mass is 397 g/mol. The van der Waals surface area contributed by atoms with E-state index in [1.165, 1.54) is 25.1 Å². The van der Waals surface area contributed by atoms with Gasteiger partial charge in [-0.25, -0.2) is 4.79 Å². The number of nitrogens with one attached hydrogen (secondary N) is 1. The molecule has 1 aromatic carbocycles. The van der Waals surface area contributed by atoms with Crippen LogP contribution in [0.25, 0.3) is 0 Å². The highest BCUT2D eigenvalue weighted by Crippen LogP contribution is 2.32. The predicted octanol–water partition coefficient (Wildman–Crippen LogP) is 3.61. The summed E-state index contributed by atoms with van der Waals surface area (Å²) in [5.74, 6) is -0.345. The van der Waals surface area contributed by atoms with E-state index in [-0.39, 0.29) is 22.2 Å². The average Bonchev–Trinajstić information content (AvgIpc) is 3.06.